The molecule has 0 aromatic heterocycles. The van der Waals surface area contributed by atoms with Crippen molar-refractivity contribution in [1.82, 2.24) is 15.1 Å². The van der Waals surface area contributed by atoms with Crippen LogP contribution in [0.1, 0.15) is 32.1 Å². The van der Waals surface area contributed by atoms with Gasteiger partial charge in [-0.1, -0.05) is 24.6 Å². The monoisotopic (exact) mass is 472 g/mol. The van der Waals surface area contributed by atoms with Crippen LogP contribution in [0.4, 0.5) is 0 Å². The van der Waals surface area contributed by atoms with Gasteiger partial charge in [0.15, 0.2) is 5.96 Å². The van der Waals surface area contributed by atoms with Gasteiger partial charge in [-0.3, -0.25) is 4.99 Å². The van der Waals surface area contributed by atoms with E-state index >= 15 is 0 Å². The van der Waals surface area contributed by atoms with Crippen molar-refractivity contribution in [3.63, 3.8) is 0 Å². The van der Waals surface area contributed by atoms with Gasteiger partial charge < -0.3 is 19.9 Å². The molecule has 6 heteroatoms. The fourth-order valence-electron chi connectivity index (χ4n) is 3.72. The molecule has 0 aliphatic carbocycles. The van der Waals surface area contributed by atoms with Crippen molar-refractivity contribution < 1.29 is 4.74 Å². The van der Waals surface area contributed by atoms with Gasteiger partial charge in [-0.05, 0) is 38.1 Å². The Morgan fingerprint density at radius 2 is 1.77 bits per heavy atom. The molecular weight excluding hydrogens is 439 g/mol. The lowest BCUT2D eigenvalue weighted by molar-refractivity contribution is 0.129. The molecule has 0 saturated carbocycles. The molecule has 146 valence electrons. The third-order valence-corrected chi connectivity index (χ3v) is 5.16. The number of para-hydroxylation sites is 1. The van der Waals surface area contributed by atoms with Crippen LogP contribution in [0, 0.1) is 0 Å². The molecule has 0 radical (unpaired) electrons. The van der Waals surface area contributed by atoms with E-state index in [1.807, 2.05) is 37.4 Å². The Balaban J connectivity index is 0.00000243. The summed E-state index contributed by atoms with van der Waals surface area (Å²) >= 11 is 0. The highest BCUT2D eigenvalue weighted by Gasteiger charge is 2.22. The fraction of sp³-hybridized carbons (Fsp3) is 0.650. The molecule has 5 nitrogen and oxygen atoms in total. The zero-order valence-corrected chi connectivity index (χ0v) is 18.2. The molecule has 2 fully saturated rings. The van der Waals surface area contributed by atoms with E-state index in [9.17, 15) is 0 Å². The number of piperidine rings is 2. The van der Waals surface area contributed by atoms with Crippen molar-refractivity contribution in [1.29, 1.82) is 0 Å². The van der Waals surface area contributed by atoms with Gasteiger partial charge >= 0.3 is 0 Å². The SMILES string of the molecule is CN=C(NCCN1CCCCC1)N1CCC(Oc2ccccc2)CC1.I. The molecule has 26 heavy (non-hydrogen) atoms. The second-order valence-corrected chi connectivity index (χ2v) is 6.99. The molecule has 1 aromatic carbocycles. The first-order chi connectivity index (χ1) is 12.3. The Kier molecular flexibility index (Phi) is 9.53. The Hall–Kier alpha value is -1.02. The number of rotatable bonds is 5. The molecule has 2 saturated heterocycles. The van der Waals surface area contributed by atoms with E-state index in [1.54, 1.807) is 0 Å². The molecular formula is C20H33IN4O. The molecule has 2 aliphatic heterocycles. The Morgan fingerprint density at radius 1 is 1.08 bits per heavy atom. The van der Waals surface area contributed by atoms with Gasteiger partial charge in [0.05, 0.1) is 0 Å². The number of nitrogens with zero attached hydrogens (tertiary/aromatic N) is 3. The molecule has 0 amide bonds. The summed E-state index contributed by atoms with van der Waals surface area (Å²) < 4.78 is 6.08. The van der Waals surface area contributed by atoms with Crippen molar-refractivity contribution in [3.8, 4) is 5.75 Å². The maximum atomic E-state index is 6.08. The molecule has 0 unspecified atom stereocenters. The van der Waals surface area contributed by atoms with E-state index in [1.165, 1.54) is 32.4 Å². The molecule has 0 bridgehead atoms. The molecule has 3 rings (SSSR count). The number of benzene rings is 1. The topological polar surface area (TPSA) is 40.1 Å². The average Bonchev–Trinajstić information content (AvgIpc) is 2.68. The zero-order valence-electron chi connectivity index (χ0n) is 15.9. The predicted octanol–water partition coefficient (Wildman–Crippen LogP) is 3.21. The van der Waals surface area contributed by atoms with Crippen molar-refractivity contribution in [2.75, 3.05) is 46.3 Å². The number of aliphatic imine (C=N–C) groups is 1. The summed E-state index contributed by atoms with van der Waals surface area (Å²) in [5.74, 6) is 2.01. The molecule has 0 spiro atoms. The second kappa shape index (κ2) is 11.6. The van der Waals surface area contributed by atoms with E-state index in [4.69, 9.17) is 4.74 Å². The van der Waals surface area contributed by atoms with Crippen LogP contribution < -0.4 is 10.1 Å². The number of ether oxygens (including phenoxy) is 1. The summed E-state index contributed by atoms with van der Waals surface area (Å²) in [5, 5.41) is 3.54. The second-order valence-electron chi connectivity index (χ2n) is 6.99. The van der Waals surface area contributed by atoms with Crippen LogP contribution in [-0.4, -0.2) is 68.2 Å². The summed E-state index contributed by atoms with van der Waals surface area (Å²) in [6.45, 7) is 6.60. The summed E-state index contributed by atoms with van der Waals surface area (Å²) in [6, 6.07) is 10.1. The van der Waals surface area contributed by atoms with Crippen molar-refractivity contribution >= 4 is 29.9 Å². The third-order valence-electron chi connectivity index (χ3n) is 5.16. The number of guanidine groups is 1. The molecule has 2 aliphatic rings. The molecule has 1 aromatic rings. The molecule has 2 heterocycles. The van der Waals surface area contributed by atoms with E-state index in [2.05, 4.69) is 20.1 Å². The smallest absolute Gasteiger partial charge is 0.193 e. The van der Waals surface area contributed by atoms with Crippen molar-refractivity contribution in [2.45, 2.75) is 38.2 Å². The number of hydrogen-bond donors (Lipinski definition) is 1. The Labute approximate surface area is 175 Å². The lowest BCUT2D eigenvalue weighted by Crippen LogP contribution is -2.49. The van der Waals surface area contributed by atoms with Gasteiger partial charge in [-0.25, -0.2) is 0 Å². The average molecular weight is 472 g/mol. The first-order valence-electron chi connectivity index (χ1n) is 9.75. The lowest BCUT2D eigenvalue weighted by atomic mass is 10.1. The van der Waals surface area contributed by atoms with Gasteiger partial charge in [0.1, 0.15) is 11.9 Å². The fourth-order valence-corrected chi connectivity index (χ4v) is 3.72. The highest BCUT2D eigenvalue weighted by atomic mass is 127. The normalized spacial score (nSPS) is 19.7. The summed E-state index contributed by atoms with van der Waals surface area (Å²) in [7, 11) is 1.88. The highest BCUT2D eigenvalue weighted by molar-refractivity contribution is 14.0. The van der Waals surface area contributed by atoms with Crippen LogP contribution in [0.5, 0.6) is 5.75 Å². The van der Waals surface area contributed by atoms with E-state index < -0.39 is 0 Å². The largest absolute Gasteiger partial charge is 0.490 e. The van der Waals surface area contributed by atoms with E-state index in [-0.39, 0.29) is 24.0 Å². The quantitative estimate of drug-likeness (QED) is 0.406. The number of likely N-dealkylation sites (tertiary alicyclic amines) is 2. The van der Waals surface area contributed by atoms with Crippen molar-refractivity contribution in [3.05, 3.63) is 30.3 Å². The highest BCUT2D eigenvalue weighted by Crippen LogP contribution is 2.18. The van der Waals surface area contributed by atoms with Crippen LogP contribution in [0.3, 0.4) is 0 Å². The lowest BCUT2D eigenvalue weighted by Gasteiger charge is -2.34. The minimum Gasteiger partial charge on any atom is -0.490 e. The first kappa shape index (κ1) is 21.3. The first-order valence-corrected chi connectivity index (χ1v) is 9.75. The maximum absolute atomic E-state index is 6.08. The maximum Gasteiger partial charge on any atom is 0.193 e. The molecule has 0 atom stereocenters. The van der Waals surface area contributed by atoms with Gasteiger partial charge in [0.2, 0.25) is 0 Å². The minimum absolute atomic E-state index is 0. The van der Waals surface area contributed by atoms with Gasteiger partial charge in [0.25, 0.3) is 0 Å². The van der Waals surface area contributed by atoms with E-state index in [0.717, 1.165) is 50.7 Å². The van der Waals surface area contributed by atoms with Crippen molar-refractivity contribution in [2.24, 2.45) is 4.99 Å². The predicted molar refractivity (Wildman–Crippen MR) is 119 cm³/mol. The Morgan fingerprint density at radius 3 is 2.42 bits per heavy atom. The summed E-state index contributed by atoms with van der Waals surface area (Å²) in [4.78, 5) is 9.40. The number of nitrogens with one attached hydrogen (secondary N) is 1. The Bertz CT molecular complexity index is 526. The van der Waals surface area contributed by atoms with Crippen LogP contribution in [0.25, 0.3) is 0 Å². The molecule has 1 N–H and O–H groups in total. The van der Waals surface area contributed by atoms with Crippen LogP contribution in [0.2, 0.25) is 0 Å². The van der Waals surface area contributed by atoms with Gasteiger partial charge in [-0.2, -0.15) is 0 Å². The zero-order chi connectivity index (χ0) is 17.3. The van der Waals surface area contributed by atoms with Crippen LogP contribution in [0.15, 0.2) is 35.3 Å². The van der Waals surface area contributed by atoms with E-state index in [0.29, 0.717) is 6.10 Å². The van der Waals surface area contributed by atoms with Gasteiger partial charge in [0, 0.05) is 46.1 Å². The minimum atomic E-state index is 0. The summed E-state index contributed by atoms with van der Waals surface area (Å²) in [6.07, 6.45) is 6.49. The number of hydrogen-bond acceptors (Lipinski definition) is 3. The number of halogens is 1. The standard InChI is InChI=1S/C20H32N4O.HI/c1-21-20(22-12-17-23-13-6-3-7-14-23)24-15-10-19(11-16-24)25-18-8-4-2-5-9-18;/h2,4-5,8-9,19H,3,6-7,10-17H2,1H3,(H,21,22);1H. The van der Waals surface area contributed by atoms with Crippen LogP contribution in [-0.2, 0) is 0 Å². The third kappa shape index (κ3) is 6.61. The van der Waals surface area contributed by atoms with Gasteiger partial charge in [-0.15, -0.1) is 24.0 Å². The summed E-state index contributed by atoms with van der Waals surface area (Å²) in [5.41, 5.74) is 0. The van der Waals surface area contributed by atoms with Crippen LogP contribution >= 0.6 is 24.0 Å².